The van der Waals surface area contributed by atoms with E-state index in [1.54, 1.807) is 5.56 Å². The van der Waals surface area contributed by atoms with Gasteiger partial charge in [0, 0.05) is 11.5 Å². The average Bonchev–Trinajstić information content (AvgIpc) is 2.41. The maximum atomic E-state index is 2.62. The molecule has 1 nitrogen and oxygen atoms in total. The second-order valence-corrected chi connectivity index (χ2v) is 7.58. The number of rotatable bonds is 1. The largest absolute Gasteiger partial charge is 0.303 e. The third kappa shape index (κ3) is 1.94. The van der Waals surface area contributed by atoms with Crippen molar-refractivity contribution in [2.24, 2.45) is 17.8 Å². The van der Waals surface area contributed by atoms with Gasteiger partial charge in [0.2, 0.25) is 0 Å². The van der Waals surface area contributed by atoms with Gasteiger partial charge in [0.25, 0.3) is 0 Å². The number of nitrogens with zero attached hydrogens (tertiary/aromatic N) is 1. The molecule has 1 aromatic rings. The molecule has 2 bridgehead atoms. The van der Waals surface area contributed by atoms with E-state index in [2.05, 4.69) is 63.9 Å². The highest BCUT2D eigenvalue weighted by Gasteiger charge is 2.53. The second kappa shape index (κ2) is 4.87. The van der Waals surface area contributed by atoms with Crippen LogP contribution in [-0.2, 0) is 5.41 Å². The molecule has 20 heavy (non-hydrogen) atoms. The molecular formula is C19H29N. The fourth-order valence-corrected chi connectivity index (χ4v) is 5.18. The van der Waals surface area contributed by atoms with Gasteiger partial charge in [-0.1, -0.05) is 50.6 Å². The number of aryl methyl sites for hydroxylation is 1. The molecule has 0 radical (unpaired) electrons. The van der Waals surface area contributed by atoms with Crippen LogP contribution in [-0.4, -0.2) is 24.5 Å². The molecule has 3 rings (SSSR count). The molecule has 1 saturated carbocycles. The van der Waals surface area contributed by atoms with E-state index in [1.807, 2.05) is 0 Å². The van der Waals surface area contributed by atoms with E-state index < -0.39 is 0 Å². The van der Waals surface area contributed by atoms with Gasteiger partial charge in [0.05, 0.1) is 0 Å². The predicted octanol–water partition coefficient (Wildman–Crippen LogP) is 4.25. The number of fused-ring (bicyclic) bond motifs is 2. The standard InChI is InChI=1S/C19H29N/c1-13-7-6-8-17(11-13)19-9-10-20(5)18(16(19)4)15(3)14(2)12-19/h6-8,11,14-16,18H,9-10,12H2,1-5H3/t14?,15?,16-,18+,19+/m1/s1. The molecule has 1 aliphatic heterocycles. The Balaban J connectivity index is 2.07. The normalized spacial score (nSPS) is 41.6. The number of piperidine rings is 1. The van der Waals surface area contributed by atoms with E-state index in [9.17, 15) is 0 Å². The van der Waals surface area contributed by atoms with Crippen molar-refractivity contribution in [3.63, 3.8) is 0 Å². The SMILES string of the molecule is Cc1cccc([C@@]23CCN(C)[C@@H](C(C)C(C)C2)[C@H]3C)c1. The maximum Gasteiger partial charge on any atom is 0.0154 e. The van der Waals surface area contributed by atoms with Crippen molar-refractivity contribution in [3.8, 4) is 0 Å². The lowest BCUT2D eigenvalue weighted by Gasteiger charge is -2.59. The Morgan fingerprint density at radius 1 is 1.20 bits per heavy atom. The van der Waals surface area contributed by atoms with Crippen LogP contribution in [0.4, 0.5) is 0 Å². The Morgan fingerprint density at radius 3 is 2.65 bits per heavy atom. The number of hydrogen-bond acceptors (Lipinski definition) is 1. The third-order valence-electron chi connectivity index (χ3n) is 6.52. The lowest BCUT2D eigenvalue weighted by molar-refractivity contribution is -0.0458. The summed E-state index contributed by atoms with van der Waals surface area (Å²) in [5.41, 5.74) is 3.42. The topological polar surface area (TPSA) is 3.24 Å². The van der Waals surface area contributed by atoms with Gasteiger partial charge in [-0.15, -0.1) is 0 Å². The van der Waals surface area contributed by atoms with Gasteiger partial charge in [0.1, 0.15) is 0 Å². The highest BCUT2D eigenvalue weighted by Crippen LogP contribution is 2.54. The molecule has 1 saturated heterocycles. The van der Waals surface area contributed by atoms with Crippen LogP contribution >= 0.6 is 0 Å². The summed E-state index contributed by atoms with van der Waals surface area (Å²) in [6.07, 6.45) is 2.69. The zero-order valence-electron chi connectivity index (χ0n) is 13.7. The molecule has 2 unspecified atom stereocenters. The first kappa shape index (κ1) is 14.1. The van der Waals surface area contributed by atoms with Gasteiger partial charge in [0.15, 0.2) is 0 Å². The van der Waals surface area contributed by atoms with Crippen molar-refractivity contribution in [2.45, 2.75) is 52.0 Å². The van der Waals surface area contributed by atoms with Gasteiger partial charge < -0.3 is 4.90 Å². The molecule has 1 aliphatic carbocycles. The quantitative estimate of drug-likeness (QED) is 0.738. The molecular weight excluding hydrogens is 242 g/mol. The summed E-state index contributed by atoms with van der Waals surface area (Å²) in [7, 11) is 2.33. The number of hydrogen-bond donors (Lipinski definition) is 0. The Morgan fingerprint density at radius 2 is 1.95 bits per heavy atom. The van der Waals surface area contributed by atoms with Crippen molar-refractivity contribution < 1.29 is 0 Å². The van der Waals surface area contributed by atoms with Crippen molar-refractivity contribution in [1.82, 2.24) is 4.90 Å². The minimum atomic E-state index is 0.412. The van der Waals surface area contributed by atoms with E-state index >= 15 is 0 Å². The first-order chi connectivity index (χ1) is 9.45. The molecule has 1 heterocycles. The highest BCUT2D eigenvalue weighted by atomic mass is 15.2. The van der Waals surface area contributed by atoms with E-state index in [-0.39, 0.29) is 0 Å². The molecule has 0 spiro atoms. The van der Waals surface area contributed by atoms with Gasteiger partial charge in [-0.3, -0.25) is 0 Å². The molecule has 110 valence electrons. The number of likely N-dealkylation sites (tertiary alicyclic amines) is 1. The zero-order valence-corrected chi connectivity index (χ0v) is 13.7. The Labute approximate surface area is 124 Å². The Kier molecular flexibility index (Phi) is 3.44. The van der Waals surface area contributed by atoms with Crippen LogP contribution in [0.25, 0.3) is 0 Å². The summed E-state index contributed by atoms with van der Waals surface area (Å²) < 4.78 is 0. The second-order valence-electron chi connectivity index (χ2n) is 7.58. The maximum absolute atomic E-state index is 2.62. The highest BCUT2D eigenvalue weighted by molar-refractivity contribution is 5.33. The van der Waals surface area contributed by atoms with Crippen LogP contribution in [0.1, 0.15) is 44.7 Å². The smallest absolute Gasteiger partial charge is 0.0154 e. The number of benzene rings is 1. The molecule has 0 aromatic heterocycles. The van der Waals surface area contributed by atoms with Crippen LogP contribution < -0.4 is 0 Å². The Bertz CT molecular complexity index is 494. The van der Waals surface area contributed by atoms with Crippen molar-refractivity contribution >= 4 is 0 Å². The predicted molar refractivity (Wildman–Crippen MR) is 86.0 cm³/mol. The molecule has 2 aliphatic rings. The fraction of sp³-hybridized carbons (Fsp3) is 0.684. The minimum absolute atomic E-state index is 0.412. The van der Waals surface area contributed by atoms with Gasteiger partial charge in [-0.05, 0) is 56.7 Å². The molecule has 0 amide bonds. The summed E-state index contributed by atoms with van der Waals surface area (Å²) in [5, 5.41) is 0. The van der Waals surface area contributed by atoms with Crippen molar-refractivity contribution in [1.29, 1.82) is 0 Å². The molecule has 2 fully saturated rings. The zero-order chi connectivity index (χ0) is 14.5. The van der Waals surface area contributed by atoms with Gasteiger partial charge in [-0.2, -0.15) is 0 Å². The Hall–Kier alpha value is -0.820. The monoisotopic (exact) mass is 271 g/mol. The van der Waals surface area contributed by atoms with E-state index in [4.69, 9.17) is 0 Å². The lowest BCUT2D eigenvalue weighted by Crippen LogP contribution is -2.61. The van der Waals surface area contributed by atoms with E-state index in [1.165, 1.54) is 24.9 Å². The van der Waals surface area contributed by atoms with Crippen LogP contribution in [0.2, 0.25) is 0 Å². The van der Waals surface area contributed by atoms with Crippen molar-refractivity contribution in [3.05, 3.63) is 35.4 Å². The summed E-state index contributed by atoms with van der Waals surface area (Å²) in [6.45, 7) is 10.9. The molecule has 1 heteroatoms. The average molecular weight is 271 g/mol. The first-order valence-corrected chi connectivity index (χ1v) is 8.23. The van der Waals surface area contributed by atoms with Crippen LogP contribution in [0.5, 0.6) is 0 Å². The van der Waals surface area contributed by atoms with Crippen LogP contribution in [0.3, 0.4) is 0 Å². The minimum Gasteiger partial charge on any atom is -0.303 e. The summed E-state index contributed by atoms with van der Waals surface area (Å²) in [6, 6.07) is 10.1. The summed E-state index contributed by atoms with van der Waals surface area (Å²) in [5.74, 6) is 2.39. The molecule has 1 aromatic carbocycles. The molecule has 5 atom stereocenters. The summed E-state index contributed by atoms with van der Waals surface area (Å²) >= 11 is 0. The van der Waals surface area contributed by atoms with Crippen molar-refractivity contribution in [2.75, 3.05) is 13.6 Å². The van der Waals surface area contributed by atoms with Gasteiger partial charge in [-0.25, -0.2) is 0 Å². The fourth-order valence-electron chi connectivity index (χ4n) is 5.18. The van der Waals surface area contributed by atoms with E-state index in [0.29, 0.717) is 5.41 Å². The lowest BCUT2D eigenvalue weighted by atomic mass is 9.52. The third-order valence-corrected chi connectivity index (χ3v) is 6.52. The molecule has 0 N–H and O–H groups in total. The summed E-state index contributed by atoms with van der Waals surface area (Å²) in [4.78, 5) is 2.62. The van der Waals surface area contributed by atoms with Crippen LogP contribution in [0.15, 0.2) is 24.3 Å². The van der Waals surface area contributed by atoms with Gasteiger partial charge >= 0.3 is 0 Å². The van der Waals surface area contributed by atoms with Crippen LogP contribution in [0, 0.1) is 24.7 Å². The van der Waals surface area contributed by atoms with E-state index in [0.717, 1.165) is 23.8 Å². The first-order valence-electron chi connectivity index (χ1n) is 8.23.